The fraction of sp³-hybridized carbons (Fsp3) is 0.444. The third-order valence-electron chi connectivity index (χ3n) is 8.20. The van der Waals surface area contributed by atoms with E-state index in [0.717, 1.165) is 19.6 Å². The molecule has 0 saturated carbocycles. The molecule has 0 bridgehead atoms. The van der Waals surface area contributed by atoms with Gasteiger partial charge in [0, 0.05) is 47.0 Å². The van der Waals surface area contributed by atoms with Crippen molar-refractivity contribution in [2.24, 2.45) is 5.41 Å². The number of anilines is 1. The van der Waals surface area contributed by atoms with Gasteiger partial charge in [-0.3, -0.25) is 14.5 Å². The fourth-order valence-corrected chi connectivity index (χ4v) is 6.20. The smallest absolute Gasteiger partial charge is 0.256 e. The predicted octanol–water partition coefficient (Wildman–Crippen LogP) is 6.96. The minimum absolute atomic E-state index is 0. The van der Waals surface area contributed by atoms with Gasteiger partial charge in [-0.15, -0.1) is 12.4 Å². The normalized spacial score (nSPS) is 18.3. The third kappa shape index (κ3) is 9.16. The van der Waals surface area contributed by atoms with E-state index in [2.05, 4.69) is 10.2 Å². The predicted molar refractivity (Wildman–Crippen MR) is 184 cm³/mol. The minimum atomic E-state index is -1.15. The molecule has 8 nitrogen and oxygen atoms in total. The van der Waals surface area contributed by atoms with Gasteiger partial charge < -0.3 is 24.4 Å². The summed E-state index contributed by atoms with van der Waals surface area (Å²) in [7, 11) is 1.58. The first-order valence-corrected chi connectivity index (χ1v) is 16.2. The Balaban J connectivity index is 0.00000500. The quantitative estimate of drug-likeness (QED) is 0.235. The van der Waals surface area contributed by atoms with Crippen LogP contribution in [0.5, 0.6) is 11.5 Å². The number of likely N-dealkylation sites (tertiary alicyclic amines) is 1. The summed E-state index contributed by atoms with van der Waals surface area (Å²) >= 11 is 6.55. The Morgan fingerprint density at radius 1 is 1.06 bits per heavy atom. The number of halogens is 3. The molecule has 1 fully saturated rings. The summed E-state index contributed by atoms with van der Waals surface area (Å²) in [5.74, 6) is -0.153. The number of carbonyl (C=O) groups excluding carboxylic acids is 2. The number of ether oxygens (including phenoxy) is 3. The van der Waals surface area contributed by atoms with Gasteiger partial charge in [-0.25, -0.2) is 4.39 Å². The van der Waals surface area contributed by atoms with E-state index in [0.29, 0.717) is 52.1 Å². The summed E-state index contributed by atoms with van der Waals surface area (Å²) < 4.78 is 33.0. The van der Waals surface area contributed by atoms with Crippen LogP contribution >= 0.6 is 24.0 Å². The van der Waals surface area contributed by atoms with E-state index in [-0.39, 0.29) is 36.7 Å². The molecule has 47 heavy (non-hydrogen) atoms. The molecule has 2 aliphatic rings. The maximum absolute atomic E-state index is 14.3. The van der Waals surface area contributed by atoms with Crippen LogP contribution in [0.15, 0.2) is 60.7 Å². The number of nitrogens with zero attached hydrogens (tertiary/aromatic N) is 2. The molecule has 2 atom stereocenters. The molecule has 0 radical (unpaired) electrons. The highest BCUT2D eigenvalue weighted by Gasteiger charge is 2.40. The Hall–Kier alpha value is -3.37. The van der Waals surface area contributed by atoms with Gasteiger partial charge in [-0.1, -0.05) is 62.7 Å². The van der Waals surface area contributed by atoms with Gasteiger partial charge in [0.15, 0.2) is 11.5 Å². The minimum Gasteiger partial charge on any atom is -0.492 e. The van der Waals surface area contributed by atoms with Crippen LogP contribution in [0.4, 0.5) is 10.1 Å². The zero-order valence-electron chi connectivity index (χ0n) is 27.4. The molecular formula is C36H44Cl2FN3O5. The van der Waals surface area contributed by atoms with Crippen LogP contribution in [0.25, 0.3) is 0 Å². The first-order chi connectivity index (χ1) is 22.0. The van der Waals surface area contributed by atoms with Crippen LogP contribution in [0.2, 0.25) is 5.02 Å². The number of hydrogen-bond donors (Lipinski definition) is 1. The molecule has 2 amide bonds. The summed E-state index contributed by atoms with van der Waals surface area (Å²) in [6.45, 7) is 9.94. The first-order valence-electron chi connectivity index (χ1n) is 15.8. The van der Waals surface area contributed by atoms with Gasteiger partial charge in [0.05, 0.1) is 13.5 Å². The molecule has 11 heteroatoms. The van der Waals surface area contributed by atoms with Crippen molar-refractivity contribution < 1.29 is 28.2 Å². The molecule has 0 spiro atoms. The molecule has 2 aliphatic heterocycles. The third-order valence-corrected chi connectivity index (χ3v) is 8.44. The zero-order chi connectivity index (χ0) is 32.8. The first kappa shape index (κ1) is 36.5. The van der Waals surface area contributed by atoms with E-state index < -0.39 is 23.9 Å². The number of methoxy groups -OCH3 is 1. The Morgan fingerprint density at radius 3 is 2.51 bits per heavy atom. The Kier molecular flexibility index (Phi) is 12.5. The molecule has 0 aliphatic carbocycles. The van der Waals surface area contributed by atoms with Crippen LogP contribution in [0.3, 0.4) is 0 Å². The number of nitrogens with one attached hydrogen (secondary N) is 1. The number of hydrogen-bond acceptors (Lipinski definition) is 6. The number of carbonyl (C=O) groups is 2. The Morgan fingerprint density at radius 2 is 1.81 bits per heavy atom. The number of amides is 2. The van der Waals surface area contributed by atoms with Crippen molar-refractivity contribution in [3.8, 4) is 11.5 Å². The molecule has 1 N–H and O–H groups in total. The molecule has 2 heterocycles. The second kappa shape index (κ2) is 16.2. The molecular weight excluding hydrogens is 644 g/mol. The van der Waals surface area contributed by atoms with Crippen molar-refractivity contribution in [3.63, 3.8) is 0 Å². The van der Waals surface area contributed by atoms with Gasteiger partial charge in [0.25, 0.3) is 5.91 Å². The van der Waals surface area contributed by atoms with E-state index in [4.69, 9.17) is 25.8 Å². The van der Waals surface area contributed by atoms with Crippen molar-refractivity contribution in [1.82, 2.24) is 10.2 Å². The SMILES string of the molecule is COc1c(OCCN2CCCC2)cccc1[C@@H]1O[C@@H](CC(=O)NCc2ccccc2F)C(=O)N(CC(C)(C)C)c2ccc(Cl)cc21.Cl. The van der Waals surface area contributed by atoms with E-state index >= 15 is 0 Å². The number of benzene rings is 3. The maximum atomic E-state index is 14.3. The lowest BCUT2D eigenvalue weighted by Gasteiger charge is -2.31. The van der Waals surface area contributed by atoms with Gasteiger partial charge in [0.2, 0.25) is 5.91 Å². The monoisotopic (exact) mass is 687 g/mol. The summed E-state index contributed by atoms with van der Waals surface area (Å²) in [4.78, 5) is 31.6. The van der Waals surface area contributed by atoms with Crippen LogP contribution < -0.4 is 19.7 Å². The second-order valence-electron chi connectivity index (χ2n) is 13.0. The zero-order valence-corrected chi connectivity index (χ0v) is 29.0. The van der Waals surface area contributed by atoms with Crippen molar-refractivity contribution in [3.05, 3.63) is 88.2 Å². The highest BCUT2D eigenvalue weighted by Crippen LogP contribution is 2.45. The summed E-state index contributed by atoms with van der Waals surface area (Å²) in [5, 5.41) is 3.23. The average Bonchev–Trinajstić information content (AvgIpc) is 3.51. The largest absolute Gasteiger partial charge is 0.492 e. The van der Waals surface area contributed by atoms with Crippen molar-refractivity contribution in [1.29, 1.82) is 0 Å². The highest BCUT2D eigenvalue weighted by molar-refractivity contribution is 6.30. The maximum Gasteiger partial charge on any atom is 0.256 e. The lowest BCUT2D eigenvalue weighted by atomic mass is 9.94. The van der Waals surface area contributed by atoms with Crippen LogP contribution in [-0.2, 0) is 20.9 Å². The highest BCUT2D eigenvalue weighted by atomic mass is 35.5. The average molecular weight is 689 g/mol. The fourth-order valence-electron chi connectivity index (χ4n) is 6.02. The van der Waals surface area contributed by atoms with Crippen LogP contribution in [0.1, 0.15) is 62.8 Å². The molecule has 1 saturated heterocycles. The molecule has 3 aromatic rings. The summed E-state index contributed by atoms with van der Waals surface area (Å²) in [6.07, 6.45) is 0.174. The van der Waals surface area contributed by atoms with Gasteiger partial charge >= 0.3 is 0 Å². The van der Waals surface area contributed by atoms with Gasteiger partial charge in [-0.05, 0) is 61.7 Å². The van der Waals surface area contributed by atoms with Crippen LogP contribution in [-0.4, -0.2) is 62.7 Å². The lowest BCUT2D eigenvalue weighted by molar-refractivity contribution is -0.138. The molecule has 0 aromatic heterocycles. The standard InChI is InChI=1S/C36H43ClFN3O5.ClH/c1-36(2,3)23-41-29-15-14-25(37)20-27(29)33(26-11-9-13-30(34(26)44-4)45-19-18-40-16-7-8-17-40)46-31(35(41)43)21-32(42)39-22-24-10-5-6-12-28(24)38;/h5-6,9-15,20,31,33H,7-8,16-19,21-23H2,1-4H3,(H,39,42);1H/t31-,33-;/m0./s1. The van der Waals surface area contributed by atoms with Crippen LogP contribution in [0, 0.1) is 11.2 Å². The second-order valence-corrected chi connectivity index (χ2v) is 13.5. The topological polar surface area (TPSA) is 80.3 Å². The lowest BCUT2D eigenvalue weighted by Crippen LogP contribution is -2.45. The van der Waals surface area contributed by atoms with E-state index in [1.54, 1.807) is 42.3 Å². The molecule has 3 aromatic carbocycles. The number of para-hydroxylation sites is 1. The Bertz CT molecular complexity index is 1540. The number of fused-ring (bicyclic) bond motifs is 1. The molecule has 5 rings (SSSR count). The van der Waals surface area contributed by atoms with Crippen molar-refractivity contribution >= 4 is 41.5 Å². The van der Waals surface area contributed by atoms with E-state index in [9.17, 15) is 14.0 Å². The van der Waals surface area contributed by atoms with E-state index in [1.165, 1.54) is 18.9 Å². The molecule has 254 valence electrons. The number of rotatable bonds is 11. The van der Waals surface area contributed by atoms with E-state index in [1.807, 2.05) is 45.0 Å². The Labute approximate surface area is 287 Å². The summed E-state index contributed by atoms with van der Waals surface area (Å²) in [5.41, 5.74) is 2.04. The van der Waals surface area contributed by atoms with Gasteiger partial charge in [-0.2, -0.15) is 0 Å². The summed E-state index contributed by atoms with van der Waals surface area (Å²) in [6, 6.07) is 17.2. The van der Waals surface area contributed by atoms with Crippen molar-refractivity contribution in [2.75, 3.05) is 44.8 Å². The van der Waals surface area contributed by atoms with Gasteiger partial charge in [0.1, 0.15) is 24.6 Å². The van der Waals surface area contributed by atoms with Crippen molar-refractivity contribution in [2.45, 2.75) is 58.8 Å². The molecule has 0 unspecified atom stereocenters.